The van der Waals surface area contributed by atoms with E-state index in [0.717, 1.165) is 64.2 Å². The first-order chi connectivity index (χ1) is 25.5. The summed E-state index contributed by atoms with van der Waals surface area (Å²) in [5.41, 5.74) is 0. The molecule has 2 unspecified atom stereocenters. The summed E-state index contributed by atoms with van der Waals surface area (Å²) < 4.78 is 5.42. The van der Waals surface area contributed by atoms with Gasteiger partial charge in [-0.3, -0.25) is 9.59 Å². The van der Waals surface area contributed by atoms with E-state index in [-0.39, 0.29) is 18.5 Å². The molecule has 52 heavy (non-hydrogen) atoms. The third-order valence-corrected chi connectivity index (χ3v) is 9.25. The molecule has 0 fully saturated rings. The van der Waals surface area contributed by atoms with E-state index in [4.69, 9.17) is 4.74 Å². The Balaban J connectivity index is 3.61. The molecule has 6 heteroatoms. The van der Waals surface area contributed by atoms with Gasteiger partial charge in [-0.15, -0.1) is 0 Å². The summed E-state index contributed by atoms with van der Waals surface area (Å²) in [7, 11) is 0. The van der Waals surface area contributed by atoms with Crippen LogP contribution in [0, 0.1) is 0 Å². The van der Waals surface area contributed by atoms with Crippen molar-refractivity contribution in [3.05, 3.63) is 60.8 Å². The van der Waals surface area contributed by atoms with Gasteiger partial charge < -0.3 is 20.3 Å². The zero-order valence-electron chi connectivity index (χ0n) is 33.8. The number of amides is 1. The van der Waals surface area contributed by atoms with Crippen molar-refractivity contribution in [1.29, 1.82) is 0 Å². The number of allylic oxidation sites excluding steroid dienone is 9. The second-order valence-electron chi connectivity index (χ2n) is 14.3. The number of aliphatic hydroxyl groups is 2. The molecule has 1 amide bonds. The predicted octanol–water partition coefficient (Wildman–Crippen LogP) is 12.1. The Kier molecular flexibility index (Phi) is 39.4. The van der Waals surface area contributed by atoms with Crippen LogP contribution in [0.4, 0.5) is 0 Å². The maximum Gasteiger partial charge on any atom is 0.305 e. The molecule has 6 nitrogen and oxygen atoms in total. The summed E-state index contributed by atoms with van der Waals surface area (Å²) in [6.45, 7) is 4.70. The Labute approximate surface area is 320 Å². The van der Waals surface area contributed by atoms with Crippen molar-refractivity contribution < 1.29 is 24.5 Å². The van der Waals surface area contributed by atoms with Gasteiger partial charge in [0, 0.05) is 12.8 Å². The summed E-state index contributed by atoms with van der Waals surface area (Å²) in [4.78, 5) is 24.2. The topological polar surface area (TPSA) is 95.9 Å². The average Bonchev–Trinajstić information content (AvgIpc) is 3.14. The fourth-order valence-electron chi connectivity index (χ4n) is 5.89. The molecular formula is C46H81NO5. The number of hydrogen-bond donors (Lipinski definition) is 3. The maximum atomic E-state index is 12.3. The van der Waals surface area contributed by atoms with Crippen molar-refractivity contribution in [2.75, 3.05) is 13.2 Å². The minimum absolute atomic E-state index is 0.0361. The van der Waals surface area contributed by atoms with Crippen LogP contribution < -0.4 is 5.32 Å². The molecule has 0 aromatic carbocycles. The van der Waals surface area contributed by atoms with Gasteiger partial charge in [0.05, 0.1) is 25.4 Å². The summed E-state index contributed by atoms with van der Waals surface area (Å²) in [5.74, 6) is -0.191. The number of nitrogens with one attached hydrogen (secondary N) is 1. The van der Waals surface area contributed by atoms with Crippen LogP contribution in [-0.4, -0.2) is 47.4 Å². The van der Waals surface area contributed by atoms with Crippen LogP contribution in [0.25, 0.3) is 0 Å². The molecule has 0 aliphatic heterocycles. The summed E-state index contributed by atoms with van der Waals surface area (Å²) in [6, 6.07) is -0.671. The zero-order valence-corrected chi connectivity index (χ0v) is 33.8. The van der Waals surface area contributed by atoms with E-state index in [9.17, 15) is 19.8 Å². The fourth-order valence-corrected chi connectivity index (χ4v) is 5.89. The number of ether oxygens (including phenoxy) is 1. The third-order valence-electron chi connectivity index (χ3n) is 9.25. The Bertz CT molecular complexity index is 937. The maximum absolute atomic E-state index is 12.3. The van der Waals surface area contributed by atoms with Crippen LogP contribution in [0.5, 0.6) is 0 Å². The van der Waals surface area contributed by atoms with E-state index < -0.39 is 12.1 Å². The van der Waals surface area contributed by atoms with Gasteiger partial charge in [0.2, 0.25) is 5.91 Å². The highest BCUT2D eigenvalue weighted by Crippen LogP contribution is 2.12. The number of aliphatic hydroxyl groups excluding tert-OH is 2. The third kappa shape index (κ3) is 37.3. The summed E-state index contributed by atoms with van der Waals surface area (Å²) >= 11 is 0. The molecule has 0 heterocycles. The zero-order chi connectivity index (χ0) is 38.0. The Morgan fingerprint density at radius 1 is 0.538 bits per heavy atom. The van der Waals surface area contributed by atoms with Gasteiger partial charge in [0.15, 0.2) is 0 Å². The van der Waals surface area contributed by atoms with Crippen LogP contribution in [-0.2, 0) is 14.3 Å². The average molecular weight is 728 g/mol. The van der Waals surface area contributed by atoms with Crippen molar-refractivity contribution >= 4 is 11.9 Å². The first-order valence-corrected chi connectivity index (χ1v) is 21.6. The van der Waals surface area contributed by atoms with Crippen LogP contribution in [0.1, 0.15) is 194 Å². The minimum Gasteiger partial charge on any atom is -0.466 e. The summed E-state index contributed by atoms with van der Waals surface area (Å²) in [5, 5.41) is 22.7. The van der Waals surface area contributed by atoms with Crippen molar-refractivity contribution in [3.8, 4) is 0 Å². The number of unbranched alkanes of at least 4 members (excludes halogenated alkanes) is 19. The first kappa shape index (κ1) is 49.6. The Morgan fingerprint density at radius 2 is 1.02 bits per heavy atom. The van der Waals surface area contributed by atoms with Gasteiger partial charge in [-0.2, -0.15) is 0 Å². The van der Waals surface area contributed by atoms with Crippen LogP contribution in [0.3, 0.4) is 0 Å². The Hall–Kier alpha value is -2.44. The molecule has 0 aliphatic carbocycles. The second-order valence-corrected chi connectivity index (χ2v) is 14.3. The van der Waals surface area contributed by atoms with Crippen molar-refractivity contribution in [3.63, 3.8) is 0 Å². The Morgan fingerprint density at radius 3 is 1.58 bits per heavy atom. The van der Waals surface area contributed by atoms with Gasteiger partial charge in [-0.05, 0) is 77.0 Å². The largest absolute Gasteiger partial charge is 0.466 e. The van der Waals surface area contributed by atoms with Gasteiger partial charge in [-0.25, -0.2) is 0 Å². The quantitative estimate of drug-likeness (QED) is 0.0334. The van der Waals surface area contributed by atoms with Crippen LogP contribution in [0.2, 0.25) is 0 Å². The van der Waals surface area contributed by atoms with Crippen LogP contribution >= 0.6 is 0 Å². The lowest BCUT2D eigenvalue weighted by molar-refractivity contribution is -0.143. The molecule has 0 aliphatic rings. The SMILES string of the molecule is CCC/C=C\C/C=C\CCCCCCCC(=O)OCCCCCCCC/C=C\C/C=C\CCC(=O)NC(CO)C(O)/C=C/CCCCCCCCC. The molecule has 0 saturated carbocycles. The molecule has 300 valence electrons. The van der Waals surface area contributed by atoms with Gasteiger partial charge in [0.25, 0.3) is 0 Å². The smallest absolute Gasteiger partial charge is 0.305 e. The molecule has 0 rings (SSSR count). The number of esters is 1. The van der Waals surface area contributed by atoms with Gasteiger partial charge >= 0.3 is 5.97 Å². The molecule has 0 spiro atoms. The molecule has 2 atom stereocenters. The van der Waals surface area contributed by atoms with Crippen molar-refractivity contribution in [2.45, 2.75) is 206 Å². The monoisotopic (exact) mass is 728 g/mol. The summed E-state index contributed by atoms with van der Waals surface area (Å²) in [6.07, 6.45) is 50.8. The van der Waals surface area contributed by atoms with E-state index in [2.05, 4.69) is 61.7 Å². The number of carbonyl (C=O) groups is 2. The first-order valence-electron chi connectivity index (χ1n) is 21.6. The standard InChI is InChI=1S/C46H81NO5/c1-3-5-7-9-11-13-14-16-20-24-28-32-36-40-46(51)52-41-37-33-29-25-21-18-15-17-19-23-27-31-35-39-45(50)47-43(42-48)44(49)38-34-30-26-22-12-10-8-6-4-2/h7,9,13-14,17,19,27,31,34,38,43-44,48-49H,3-6,8,10-12,15-16,18,20-26,28-30,32-33,35-37,39-42H2,1-2H3,(H,47,50)/b9-7-,14-13-,19-17-,31-27-,38-34+. The van der Waals surface area contributed by atoms with E-state index in [1.807, 2.05) is 12.2 Å². The fraction of sp³-hybridized carbons (Fsp3) is 0.739. The lowest BCUT2D eigenvalue weighted by atomic mass is 10.1. The lowest BCUT2D eigenvalue weighted by Crippen LogP contribution is -2.45. The molecule has 0 aromatic rings. The normalized spacial score (nSPS) is 13.4. The van der Waals surface area contributed by atoms with Crippen molar-refractivity contribution in [1.82, 2.24) is 5.32 Å². The second kappa shape index (κ2) is 41.3. The van der Waals surface area contributed by atoms with E-state index >= 15 is 0 Å². The molecule has 0 saturated heterocycles. The van der Waals surface area contributed by atoms with E-state index in [0.29, 0.717) is 25.9 Å². The number of rotatable bonds is 38. The predicted molar refractivity (Wildman–Crippen MR) is 222 cm³/mol. The van der Waals surface area contributed by atoms with E-state index in [1.165, 1.54) is 96.3 Å². The molecule has 3 N–H and O–H groups in total. The highest BCUT2D eigenvalue weighted by Gasteiger charge is 2.17. The lowest BCUT2D eigenvalue weighted by Gasteiger charge is -2.19. The van der Waals surface area contributed by atoms with Crippen LogP contribution in [0.15, 0.2) is 60.8 Å². The molecule has 0 bridgehead atoms. The highest BCUT2D eigenvalue weighted by molar-refractivity contribution is 5.76. The minimum atomic E-state index is -0.878. The van der Waals surface area contributed by atoms with Gasteiger partial charge in [-0.1, -0.05) is 164 Å². The highest BCUT2D eigenvalue weighted by atomic mass is 16.5. The number of carbonyl (C=O) groups excluding carboxylic acids is 2. The molecular weight excluding hydrogens is 647 g/mol. The van der Waals surface area contributed by atoms with E-state index in [1.54, 1.807) is 6.08 Å². The van der Waals surface area contributed by atoms with Crippen molar-refractivity contribution in [2.24, 2.45) is 0 Å². The molecule has 0 radical (unpaired) electrons. The molecule has 0 aromatic heterocycles. The number of hydrogen-bond acceptors (Lipinski definition) is 5. The van der Waals surface area contributed by atoms with Gasteiger partial charge in [0.1, 0.15) is 0 Å².